The van der Waals surface area contributed by atoms with Gasteiger partial charge in [-0.2, -0.15) is 0 Å². The summed E-state index contributed by atoms with van der Waals surface area (Å²) < 4.78 is 0. The lowest BCUT2D eigenvalue weighted by molar-refractivity contribution is 0.0912. The van der Waals surface area contributed by atoms with E-state index in [9.17, 15) is 4.79 Å². The van der Waals surface area contributed by atoms with E-state index < -0.39 is 5.54 Å². The van der Waals surface area contributed by atoms with Crippen molar-refractivity contribution in [3.63, 3.8) is 0 Å². The van der Waals surface area contributed by atoms with E-state index in [-0.39, 0.29) is 5.91 Å². The lowest BCUT2D eigenvalue weighted by Gasteiger charge is -2.26. The molecule has 1 aromatic carbocycles. The minimum atomic E-state index is -0.481. The molecule has 0 saturated carbocycles. The molecule has 0 fully saturated rings. The van der Waals surface area contributed by atoms with E-state index in [1.165, 1.54) is 0 Å². The second-order valence-corrected chi connectivity index (χ2v) is 6.05. The van der Waals surface area contributed by atoms with E-state index in [2.05, 4.69) is 15.3 Å². The molecule has 2 heterocycles. The van der Waals surface area contributed by atoms with E-state index >= 15 is 0 Å². The Kier molecular flexibility index (Phi) is 3.45. The average molecular weight is 293 g/mol. The van der Waals surface area contributed by atoms with Crippen LogP contribution in [0.3, 0.4) is 0 Å². The summed E-state index contributed by atoms with van der Waals surface area (Å²) in [4.78, 5) is 20.0. The topological polar surface area (TPSA) is 57.8 Å². The molecular weight excluding hydrogens is 274 g/mol. The van der Waals surface area contributed by atoms with Crippen LogP contribution in [0, 0.1) is 6.92 Å². The molecule has 0 bridgehead atoms. The molecule has 0 aliphatic heterocycles. The Bertz CT molecular complexity index is 816. The predicted octanol–water partition coefficient (Wildman–Crippen LogP) is 3.54. The van der Waals surface area contributed by atoms with Gasteiger partial charge in [-0.1, -0.05) is 6.07 Å². The van der Waals surface area contributed by atoms with Gasteiger partial charge in [0.15, 0.2) is 0 Å². The number of nitrogens with one attached hydrogen (secondary N) is 2. The van der Waals surface area contributed by atoms with Crippen LogP contribution in [0.25, 0.3) is 10.9 Å². The van der Waals surface area contributed by atoms with Crippen LogP contribution in [-0.2, 0) is 5.54 Å². The van der Waals surface area contributed by atoms with E-state index in [0.29, 0.717) is 5.56 Å². The molecule has 3 aromatic rings. The molecule has 3 rings (SSSR count). The number of hydrogen-bond donors (Lipinski definition) is 2. The van der Waals surface area contributed by atoms with Crippen molar-refractivity contribution >= 4 is 16.8 Å². The predicted molar refractivity (Wildman–Crippen MR) is 87.8 cm³/mol. The Hall–Kier alpha value is -2.62. The molecule has 0 spiro atoms. The lowest BCUT2D eigenvalue weighted by Crippen LogP contribution is -2.41. The van der Waals surface area contributed by atoms with Crippen LogP contribution in [0.2, 0.25) is 0 Å². The Morgan fingerprint density at radius 3 is 2.73 bits per heavy atom. The monoisotopic (exact) mass is 293 g/mol. The number of benzene rings is 1. The van der Waals surface area contributed by atoms with Gasteiger partial charge in [-0.25, -0.2) is 0 Å². The summed E-state index contributed by atoms with van der Waals surface area (Å²) in [6.07, 6.45) is 3.68. The van der Waals surface area contributed by atoms with Gasteiger partial charge >= 0.3 is 0 Å². The van der Waals surface area contributed by atoms with Crippen molar-refractivity contribution in [1.82, 2.24) is 15.3 Å². The van der Waals surface area contributed by atoms with Gasteiger partial charge < -0.3 is 10.3 Å². The zero-order valence-corrected chi connectivity index (χ0v) is 13.0. The van der Waals surface area contributed by atoms with Crippen molar-refractivity contribution < 1.29 is 4.79 Å². The first kappa shape index (κ1) is 14.3. The highest BCUT2D eigenvalue weighted by Gasteiger charge is 2.23. The minimum absolute atomic E-state index is 0.0892. The van der Waals surface area contributed by atoms with Crippen LogP contribution in [0.15, 0.2) is 48.8 Å². The molecule has 4 heteroatoms. The first-order valence-electron chi connectivity index (χ1n) is 7.28. The second kappa shape index (κ2) is 5.30. The van der Waals surface area contributed by atoms with Gasteiger partial charge in [0.2, 0.25) is 0 Å². The van der Waals surface area contributed by atoms with E-state index in [0.717, 1.165) is 22.2 Å². The molecule has 0 atom stereocenters. The third-order valence-corrected chi connectivity index (χ3v) is 3.87. The number of pyridine rings is 1. The van der Waals surface area contributed by atoms with Gasteiger partial charge in [0.05, 0.1) is 5.54 Å². The molecule has 4 nitrogen and oxygen atoms in total. The summed E-state index contributed by atoms with van der Waals surface area (Å²) in [5.41, 5.74) is 3.14. The number of carbonyl (C=O) groups excluding carboxylic acids is 1. The lowest BCUT2D eigenvalue weighted by atomic mass is 9.95. The quantitative estimate of drug-likeness (QED) is 0.776. The minimum Gasteiger partial charge on any atom is -0.361 e. The summed E-state index contributed by atoms with van der Waals surface area (Å²) in [5, 5.41) is 4.11. The molecular formula is C18H19N3O. The molecule has 0 saturated heterocycles. The maximum atomic E-state index is 12.5. The number of aromatic amines is 1. The zero-order valence-electron chi connectivity index (χ0n) is 13.0. The first-order chi connectivity index (χ1) is 10.5. The van der Waals surface area contributed by atoms with Gasteiger partial charge in [-0.05, 0) is 56.7 Å². The summed E-state index contributed by atoms with van der Waals surface area (Å²) >= 11 is 0. The number of aromatic nitrogens is 2. The maximum absolute atomic E-state index is 12.5. The molecule has 2 N–H and O–H groups in total. The number of aryl methyl sites for hydroxylation is 1. The largest absolute Gasteiger partial charge is 0.361 e. The molecule has 0 aliphatic carbocycles. The maximum Gasteiger partial charge on any atom is 0.251 e. The highest BCUT2D eigenvalue weighted by atomic mass is 16.1. The zero-order chi connectivity index (χ0) is 15.7. The number of hydrogen-bond acceptors (Lipinski definition) is 2. The Morgan fingerprint density at radius 1 is 1.18 bits per heavy atom. The molecule has 112 valence electrons. The van der Waals surface area contributed by atoms with Crippen LogP contribution in [-0.4, -0.2) is 15.9 Å². The van der Waals surface area contributed by atoms with Crippen molar-refractivity contribution in [2.75, 3.05) is 0 Å². The van der Waals surface area contributed by atoms with Crippen molar-refractivity contribution in [3.05, 3.63) is 65.6 Å². The number of rotatable bonds is 3. The van der Waals surface area contributed by atoms with Crippen molar-refractivity contribution in [3.8, 4) is 0 Å². The van der Waals surface area contributed by atoms with Gasteiger partial charge in [-0.3, -0.25) is 9.78 Å². The molecule has 22 heavy (non-hydrogen) atoms. The summed E-state index contributed by atoms with van der Waals surface area (Å²) in [5.74, 6) is -0.0892. The van der Waals surface area contributed by atoms with Crippen molar-refractivity contribution in [2.24, 2.45) is 0 Å². The van der Waals surface area contributed by atoms with Crippen molar-refractivity contribution in [2.45, 2.75) is 26.3 Å². The van der Waals surface area contributed by atoms with E-state index in [4.69, 9.17) is 0 Å². The number of nitrogens with zero attached hydrogens (tertiary/aromatic N) is 1. The fourth-order valence-electron chi connectivity index (χ4n) is 2.46. The third kappa shape index (κ3) is 2.72. The Labute approximate surface area is 129 Å². The molecule has 2 aromatic heterocycles. The summed E-state index contributed by atoms with van der Waals surface area (Å²) in [7, 11) is 0. The fraction of sp³-hybridized carbons (Fsp3) is 0.222. The highest BCUT2D eigenvalue weighted by molar-refractivity contribution is 5.98. The van der Waals surface area contributed by atoms with E-state index in [1.54, 1.807) is 0 Å². The van der Waals surface area contributed by atoms with E-state index in [1.807, 2.05) is 69.6 Å². The van der Waals surface area contributed by atoms with Crippen LogP contribution in [0.4, 0.5) is 0 Å². The van der Waals surface area contributed by atoms with Gasteiger partial charge in [0.25, 0.3) is 5.91 Å². The van der Waals surface area contributed by atoms with Crippen LogP contribution >= 0.6 is 0 Å². The molecule has 0 unspecified atom stereocenters. The van der Waals surface area contributed by atoms with Crippen LogP contribution in [0.1, 0.15) is 35.5 Å². The molecule has 0 radical (unpaired) electrons. The summed E-state index contributed by atoms with van der Waals surface area (Å²) in [6.45, 7) is 5.90. The van der Waals surface area contributed by atoms with Crippen LogP contribution < -0.4 is 5.32 Å². The normalized spacial score (nSPS) is 11.6. The fourth-order valence-corrected chi connectivity index (χ4v) is 2.46. The van der Waals surface area contributed by atoms with Gasteiger partial charge in [0.1, 0.15) is 0 Å². The van der Waals surface area contributed by atoms with Crippen molar-refractivity contribution in [1.29, 1.82) is 0 Å². The smallest absolute Gasteiger partial charge is 0.251 e. The number of fused-ring (bicyclic) bond motifs is 1. The number of carbonyl (C=O) groups is 1. The Balaban J connectivity index is 1.84. The highest BCUT2D eigenvalue weighted by Crippen LogP contribution is 2.21. The second-order valence-electron chi connectivity index (χ2n) is 6.05. The SMILES string of the molecule is Cc1ccc(C(C)(C)NC(=O)c2ccc3[nH]ccc3c2)cn1. The standard InChI is InChI=1S/C18H19N3O/c1-12-4-6-15(11-20-12)18(2,3)21-17(22)14-5-7-16-13(10-14)8-9-19-16/h4-11,19H,1-3H3,(H,21,22). The molecule has 1 amide bonds. The number of H-pyrrole nitrogens is 1. The average Bonchev–Trinajstić information content (AvgIpc) is 2.94. The van der Waals surface area contributed by atoms with Crippen LogP contribution in [0.5, 0.6) is 0 Å². The number of amides is 1. The first-order valence-corrected chi connectivity index (χ1v) is 7.28. The Morgan fingerprint density at radius 2 is 2.00 bits per heavy atom. The molecule has 0 aliphatic rings. The van der Waals surface area contributed by atoms with Gasteiger partial charge in [0, 0.05) is 34.6 Å². The van der Waals surface area contributed by atoms with Gasteiger partial charge in [-0.15, -0.1) is 0 Å². The third-order valence-electron chi connectivity index (χ3n) is 3.87. The summed E-state index contributed by atoms with van der Waals surface area (Å²) in [6, 6.07) is 11.6.